The Balaban J connectivity index is 2.48. The van der Waals surface area contributed by atoms with E-state index in [4.69, 9.17) is 14.7 Å². The predicted octanol–water partition coefficient (Wildman–Crippen LogP) is 1.66. The first-order chi connectivity index (χ1) is 6.81. The summed E-state index contributed by atoms with van der Waals surface area (Å²) in [5, 5.41) is 8.54. The lowest BCUT2D eigenvalue weighted by Gasteiger charge is -2.20. The fourth-order valence-electron chi connectivity index (χ4n) is 1.41. The fourth-order valence-corrected chi connectivity index (χ4v) is 1.41. The minimum Gasteiger partial charge on any atom is -0.486 e. The Hall–Kier alpha value is -1.76. The molecule has 0 N–H and O–H groups in total. The zero-order chi connectivity index (χ0) is 9.97. The Morgan fingerprint density at radius 1 is 1.36 bits per heavy atom. The number of nitrogens with zero attached hydrogens (tertiary/aromatic N) is 1. The Kier molecular flexibility index (Phi) is 2.23. The highest BCUT2D eigenvalue weighted by Crippen LogP contribution is 2.34. The van der Waals surface area contributed by atoms with Crippen LogP contribution in [0.3, 0.4) is 0 Å². The minimum absolute atomic E-state index is 0.128. The van der Waals surface area contributed by atoms with E-state index in [9.17, 15) is 4.39 Å². The third-order valence-corrected chi connectivity index (χ3v) is 1.95. The highest BCUT2D eigenvalue weighted by atomic mass is 19.1. The molecule has 1 aliphatic rings. The van der Waals surface area contributed by atoms with Crippen LogP contribution in [0, 0.1) is 17.1 Å². The van der Waals surface area contributed by atoms with Gasteiger partial charge in [-0.05, 0) is 6.07 Å². The molecule has 0 amide bonds. The summed E-state index contributed by atoms with van der Waals surface area (Å²) in [7, 11) is 0. The van der Waals surface area contributed by atoms with Gasteiger partial charge in [-0.25, -0.2) is 4.39 Å². The summed E-state index contributed by atoms with van der Waals surface area (Å²) in [4.78, 5) is 0. The topological polar surface area (TPSA) is 42.2 Å². The highest BCUT2D eigenvalue weighted by Gasteiger charge is 2.17. The number of ether oxygens (including phenoxy) is 2. The maximum absolute atomic E-state index is 13.0. The van der Waals surface area contributed by atoms with Gasteiger partial charge in [0.25, 0.3) is 0 Å². The van der Waals surface area contributed by atoms with E-state index in [1.54, 1.807) is 0 Å². The first-order valence-corrected chi connectivity index (χ1v) is 4.26. The zero-order valence-corrected chi connectivity index (χ0v) is 7.42. The summed E-state index contributed by atoms with van der Waals surface area (Å²) in [5.41, 5.74) is 0.544. The van der Waals surface area contributed by atoms with E-state index in [1.165, 1.54) is 12.1 Å². The van der Waals surface area contributed by atoms with Gasteiger partial charge in [0.2, 0.25) is 0 Å². The molecular formula is C10H8FNO2. The van der Waals surface area contributed by atoms with Gasteiger partial charge in [-0.15, -0.1) is 0 Å². The fraction of sp³-hybridized carbons (Fsp3) is 0.300. The van der Waals surface area contributed by atoms with Gasteiger partial charge in [0, 0.05) is 11.6 Å². The summed E-state index contributed by atoms with van der Waals surface area (Å²) in [6.45, 7) is 0.861. The molecule has 1 aliphatic heterocycles. The highest BCUT2D eigenvalue weighted by molar-refractivity contribution is 5.48. The molecule has 3 nitrogen and oxygen atoms in total. The second kappa shape index (κ2) is 3.54. The molecule has 72 valence electrons. The largest absolute Gasteiger partial charge is 0.486 e. The number of fused-ring (bicyclic) bond motifs is 1. The molecular weight excluding hydrogens is 185 g/mol. The van der Waals surface area contributed by atoms with Crippen LogP contribution in [-0.4, -0.2) is 13.2 Å². The number of hydrogen-bond donors (Lipinski definition) is 0. The van der Waals surface area contributed by atoms with Crippen LogP contribution in [0.25, 0.3) is 0 Å². The molecule has 0 radical (unpaired) electrons. The van der Waals surface area contributed by atoms with Crippen LogP contribution in [-0.2, 0) is 6.42 Å². The summed E-state index contributed by atoms with van der Waals surface area (Å²) in [6, 6.07) is 4.53. The Labute approximate surface area is 80.7 Å². The molecule has 2 rings (SSSR count). The molecule has 0 fully saturated rings. The van der Waals surface area contributed by atoms with E-state index in [-0.39, 0.29) is 6.42 Å². The molecule has 0 saturated carbocycles. The van der Waals surface area contributed by atoms with Crippen molar-refractivity contribution in [3.63, 3.8) is 0 Å². The monoisotopic (exact) mass is 193 g/mol. The van der Waals surface area contributed by atoms with Crippen LogP contribution in [0.2, 0.25) is 0 Å². The summed E-state index contributed by atoms with van der Waals surface area (Å²) in [6.07, 6.45) is 0.128. The number of halogens is 1. The molecule has 0 aliphatic carbocycles. The van der Waals surface area contributed by atoms with E-state index in [1.807, 2.05) is 6.07 Å². The average Bonchev–Trinajstić information content (AvgIpc) is 2.18. The standard InChI is InChI=1S/C10H8FNO2/c11-8-5-7(1-2-12)10-9(6-8)13-3-4-14-10/h5-6H,1,3-4H2. The van der Waals surface area contributed by atoms with Crippen molar-refractivity contribution in [2.24, 2.45) is 0 Å². The van der Waals surface area contributed by atoms with Gasteiger partial charge in [-0.3, -0.25) is 0 Å². The molecule has 0 bridgehead atoms. The molecule has 0 atom stereocenters. The summed E-state index contributed by atoms with van der Waals surface area (Å²) >= 11 is 0. The van der Waals surface area contributed by atoms with Crippen LogP contribution in [0.5, 0.6) is 11.5 Å². The van der Waals surface area contributed by atoms with Gasteiger partial charge < -0.3 is 9.47 Å². The number of nitriles is 1. The van der Waals surface area contributed by atoms with E-state index in [2.05, 4.69) is 0 Å². The molecule has 0 saturated heterocycles. The first-order valence-electron chi connectivity index (χ1n) is 4.26. The van der Waals surface area contributed by atoms with Gasteiger partial charge >= 0.3 is 0 Å². The Morgan fingerprint density at radius 2 is 2.14 bits per heavy atom. The molecule has 0 aromatic heterocycles. The van der Waals surface area contributed by atoms with Crippen molar-refractivity contribution in [1.82, 2.24) is 0 Å². The third-order valence-electron chi connectivity index (χ3n) is 1.95. The van der Waals surface area contributed by atoms with E-state index >= 15 is 0 Å². The van der Waals surface area contributed by atoms with Gasteiger partial charge in [0.15, 0.2) is 11.5 Å². The van der Waals surface area contributed by atoms with Crippen molar-refractivity contribution in [3.8, 4) is 17.6 Å². The lowest BCUT2D eigenvalue weighted by atomic mass is 10.1. The molecule has 1 heterocycles. The van der Waals surface area contributed by atoms with Crippen LogP contribution in [0.1, 0.15) is 5.56 Å². The summed E-state index contributed by atoms with van der Waals surface area (Å²) in [5.74, 6) is 0.486. The van der Waals surface area contributed by atoms with Crippen molar-refractivity contribution in [1.29, 1.82) is 5.26 Å². The van der Waals surface area contributed by atoms with Crippen molar-refractivity contribution in [2.75, 3.05) is 13.2 Å². The predicted molar refractivity (Wildman–Crippen MR) is 46.7 cm³/mol. The quantitative estimate of drug-likeness (QED) is 0.681. The third kappa shape index (κ3) is 1.49. The van der Waals surface area contributed by atoms with Crippen LogP contribution in [0.4, 0.5) is 4.39 Å². The maximum atomic E-state index is 13.0. The van der Waals surface area contributed by atoms with E-state index < -0.39 is 5.82 Å². The molecule has 1 aromatic carbocycles. The van der Waals surface area contributed by atoms with Crippen LogP contribution < -0.4 is 9.47 Å². The average molecular weight is 193 g/mol. The van der Waals surface area contributed by atoms with Crippen molar-refractivity contribution in [3.05, 3.63) is 23.5 Å². The van der Waals surface area contributed by atoms with Crippen molar-refractivity contribution in [2.45, 2.75) is 6.42 Å². The smallest absolute Gasteiger partial charge is 0.165 e. The lowest BCUT2D eigenvalue weighted by Crippen LogP contribution is -2.16. The molecule has 4 heteroatoms. The van der Waals surface area contributed by atoms with Gasteiger partial charge in [-0.2, -0.15) is 5.26 Å². The summed E-state index contributed by atoms with van der Waals surface area (Å²) < 4.78 is 23.6. The number of rotatable bonds is 1. The molecule has 1 aromatic rings. The number of benzene rings is 1. The number of hydrogen-bond acceptors (Lipinski definition) is 3. The maximum Gasteiger partial charge on any atom is 0.165 e. The second-order valence-corrected chi connectivity index (χ2v) is 2.92. The van der Waals surface area contributed by atoms with Crippen molar-refractivity contribution >= 4 is 0 Å². The van der Waals surface area contributed by atoms with Gasteiger partial charge in [-0.1, -0.05) is 0 Å². The first kappa shape index (κ1) is 8.82. The molecule has 0 unspecified atom stereocenters. The van der Waals surface area contributed by atoms with Gasteiger partial charge in [0.05, 0.1) is 12.5 Å². The SMILES string of the molecule is N#CCc1cc(F)cc2c1OCCO2. The second-order valence-electron chi connectivity index (χ2n) is 2.92. The van der Waals surface area contributed by atoms with Gasteiger partial charge in [0.1, 0.15) is 19.0 Å². The normalized spacial score (nSPS) is 13.4. The molecule has 0 spiro atoms. The van der Waals surface area contributed by atoms with Crippen molar-refractivity contribution < 1.29 is 13.9 Å². The van der Waals surface area contributed by atoms with E-state index in [0.717, 1.165) is 0 Å². The minimum atomic E-state index is -0.403. The molecule has 14 heavy (non-hydrogen) atoms. The van der Waals surface area contributed by atoms with E-state index in [0.29, 0.717) is 30.3 Å². The Bertz CT molecular complexity index is 398. The van der Waals surface area contributed by atoms with Crippen LogP contribution in [0.15, 0.2) is 12.1 Å². The zero-order valence-electron chi connectivity index (χ0n) is 7.42. The van der Waals surface area contributed by atoms with Crippen LogP contribution >= 0.6 is 0 Å². The lowest BCUT2D eigenvalue weighted by molar-refractivity contribution is 0.169. The Morgan fingerprint density at radius 3 is 2.93 bits per heavy atom.